The molecule has 0 atom stereocenters. The van der Waals surface area contributed by atoms with E-state index in [-0.39, 0.29) is 17.7 Å². The molecule has 0 unspecified atom stereocenters. The van der Waals surface area contributed by atoms with Crippen LogP contribution in [0.25, 0.3) is 6.08 Å². The highest BCUT2D eigenvalue weighted by Crippen LogP contribution is 2.38. The van der Waals surface area contributed by atoms with E-state index in [4.69, 9.17) is 21.1 Å². The zero-order chi connectivity index (χ0) is 24.9. The van der Waals surface area contributed by atoms with Gasteiger partial charge < -0.3 is 9.47 Å². The van der Waals surface area contributed by atoms with Crippen molar-refractivity contribution in [1.82, 2.24) is 4.90 Å². The molecule has 2 amide bonds. The number of hydrogen-bond donors (Lipinski definition) is 0. The van der Waals surface area contributed by atoms with Crippen LogP contribution in [0, 0.1) is 7.14 Å². The van der Waals surface area contributed by atoms with Crippen molar-refractivity contribution in [2.24, 2.45) is 0 Å². The fourth-order valence-electron chi connectivity index (χ4n) is 3.37. The Balaban J connectivity index is 1.54. The van der Waals surface area contributed by atoms with Crippen LogP contribution >= 0.6 is 68.5 Å². The summed E-state index contributed by atoms with van der Waals surface area (Å²) in [6.45, 7) is 2.98. The zero-order valence-corrected chi connectivity index (χ0v) is 24.5. The first kappa shape index (κ1) is 26.3. The van der Waals surface area contributed by atoms with Crippen molar-refractivity contribution in [2.45, 2.75) is 20.1 Å². The molecule has 5 nitrogen and oxygen atoms in total. The first-order valence-corrected chi connectivity index (χ1v) is 14.0. The number of carbonyl (C=O) groups is 2. The second-order valence-corrected chi connectivity index (χ2v) is 11.4. The number of halogens is 3. The molecule has 35 heavy (non-hydrogen) atoms. The van der Waals surface area contributed by atoms with E-state index >= 15 is 0 Å². The van der Waals surface area contributed by atoms with Gasteiger partial charge in [0.2, 0.25) is 0 Å². The summed E-state index contributed by atoms with van der Waals surface area (Å²) in [5, 5.41) is 0.396. The Kier molecular flexibility index (Phi) is 9.01. The van der Waals surface area contributed by atoms with Crippen LogP contribution < -0.4 is 9.47 Å². The Morgan fingerprint density at radius 3 is 2.34 bits per heavy atom. The molecule has 0 saturated carbocycles. The standard InChI is InChI=1S/C26H20ClI2NO4S/c1-2-33-22-12-18(11-21(29)24(22)34-15-17-3-7-19(27)8-4-17)13-23-25(31)30(26(32)35-23)14-16-5-9-20(28)10-6-16/h3-13H,2,14-15H2,1H3/b23-13-. The van der Waals surface area contributed by atoms with Crippen molar-refractivity contribution in [3.8, 4) is 11.5 Å². The van der Waals surface area contributed by atoms with Crippen molar-refractivity contribution in [2.75, 3.05) is 6.61 Å². The van der Waals surface area contributed by atoms with Crippen molar-refractivity contribution in [3.05, 3.63) is 94.4 Å². The molecule has 9 heteroatoms. The number of carbonyl (C=O) groups excluding carboxylic acids is 2. The molecule has 0 radical (unpaired) electrons. The average molecular weight is 732 g/mol. The summed E-state index contributed by atoms with van der Waals surface area (Å²) in [5.74, 6) is 0.915. The van der Waals surface area contributed by atoms with Gasteiger partial charge in [-0.2, -0.15) is 0 Å². The third-order valence-corrected chi connectivity index (χ3v) is 7.73. The predicted molar refractivity (Wildman–Crippen MR) is 157 cm³/mol. The van der Waals surface area contributed by atoms with Crippen LogP contribution in [0.2, 0.25) is 5.02 Å². The minimum atomic E-state index is -0.297. The number of benzene rings is 3. The van der Waals surface area contributed by atoms with Gasteiger partial charge in [-0.05, 0) is 123 Å². The molecule has 1 heterocycles. The van der Waals surface area contributed by atoms with E-state index < -0.39 is 0 Å². The van der Waals surface area contributed by atoms with Crippen LogP contribution in [0.4, 0.5) is 4.79 Å². The topological polar surface area (TPSA) is 55.8 Å². The number of nitrogens with zero attached hydrogens (tertiary/aromatic N) is 1. The highest BCUT2D eigenvalue weighted by atomic mass is 127. The molecular weight excluding hydrogens is 712 g/mol. The molecule has 0 aliphatic carbocycles. The monoisotopic (exact) mass is 731 g/mol. The maximum atomic E-state index is 13.0. The van der Waals surface area contributed by atoms with Gasteiger partial charge in [0.25, 0.3) is 11.1 Å². The van der Waals surface area contributed by atoms with Gasteiger partial charge in [0.1, 0.15) is 6.61 Å². The fourth-order valence-corrected chi connectivity index (χ4v) is 5.48. The van der Waals surface area contributed by atoms with E-state index in [1.165, 1.54) is 4.90 Å². The second-order valence-electron chi connectivity index (χ2n) is 7.57. The van der Waals surface area contributed by atoms with Crippen molar-refractivity contribution in [1.29, 1.82) is 0 Å². The molecule has 0 N–H and O–H groups in total. The first-order valence-electron chi connectivity index (χ1n) is 10.7. The molecule has 4 rings (SSSR count). The Bertz CT molecular complexity index is 1280. The Morgan fingerprint density at radius 2 is 1.66 bits per heavy atom. The summed E-state index contributed by atoms with van der Waals surface area (Å²) >= 11 is 11.3. The van der Waals surface area contributed by atoms with Crippen molar-refractivity contribution in [3.63, 3.8) is 0 Å². The Hall–Kier alpha value is -1.76. The third kappa shape index (κ3) is 6.72. The number of hydrogen-bond acceptors (Lipinski definition) is 5. The average Bonchev–Trinajstić information content (AvgIpc) is 3.08. The van der Waals surface area contributed by atoms with Crippen LogP contribution in [0.5, 0.6) is 11.5 Å². The first-order chi connectivity index (χ1) is 16.8. The third-order valence-electron chi connectivity index (χ3n) is 5.05. The lowest BCUT2D eigenvalue weighted by Gasteiger charge is -2.15. The van der Waals surface area contributed by atoms with Gasteiger partial charge in [-0.1, -0.05) is 35.9 Å². The van der Waals surface area contributed by atoms with Crippen LogP contribution in [-0.4, -0.2) is 22.7 Å². The largest absolute Gasteiger partial charge is 0.490 e. The SMILES string of the molecule is CCOc1cc(/C=C2\SC(=O)N(Cc3ccc(I)cc3)C2=O)cc(I)c1OCc1ccc(Cl)cc1. The number of amides is 2. The summed E-state index contributed by atoms with van der Waals surface area (Å²) in [6.07, 6.45) is 1.73. The number of rotatable bonds is 8. The molecule has 1 aliphatic rings. The molecule has 1 fully saturated rings. The fraction of sp³-hybridized carbons (Fsp3) is 0.154. The van der Waals surface area contributed by atoms with Gasteiger partial charge >= 0.3 is 0 Å². The van der Waals surface area contributed by atoms with E-state index in [9.17, 15) is 9.59 Å². The molecule has 0 spiro atoms. The van der Waals surface area contributed by atoms with Crippen LogP contribution in [0.1, 0.15) is 23.6 Å². The van der Waals surface area contributed by atoms with Gasteiger partial charge in [0.05, 0.1) is 21.6 Å². The van der Waals surface area contributed by atoms with E-state index in [1.54, 1.807) is 6.08 Å². The molecular formula is C26H20ClI2NO4S. The number of thioether (sulfide) groups is 1. The van der Waals surface area contributed by atoms with E-state index in [0.717, 1.165) is 35.6 Å². The van der Waals surface area contributed by atoms with Crippen molar-refractivity contribution < 1.29 is 19.1 Å². The minimum Gasteiger partial charge on any atom is -0.490 e. The molecule has 1 aliphatic heterocycles. The van der Waals surface area contributed by atoms with Crippen LogP contribution in [-0.2, 0) is 17.9 Å². The summed E-state index contributed by atoms with van der Waals surface area (Å²) in [4.78, 5) is 27.2. The Labute approximate surface area is 240 Å². The predicted octanol–water partition coefficient (Wildman–Crippen LogP) is 7.76. The Morgan fingerprint density at radius 1 is 0.971 bits per heavy atom. The molecule has 0 bridgehead atoms. The minimum absolute atomic E-state index is 0.248. The quantitative estimate of drug-likeness (QED) is 0.175. The van der Waals surface area contributed by atoms with Crippen LogP contribution in [0.3, 0.4) is 0 Å². The molecule has 3 aromatic rings. The molecule has 180 valence electrons. The summed E-state index contributed by atoms with van der Waals surface area (Å²) in [5.41, 5.74) is 2.65. The number of ether oxygens (including phenoxy) is 2. The van der Waals surface area contributed by atoms with Gasteiger partial charge in [0.15, 0.2) is 11.5 Å². The van der Waals surface area contributed by atoms with E-state index in [2.05, 4.69) is 45.2 Å². The van der Waals surface area contributed by atoms with Gasteiger partial charge in [-0.15, -0.1) is 0 Å². The lowest BCUT2D eigenvalue weighted by molar-refractivity contribution is -0.123. The summed E-state index contributed by atoms with van der Waals surface area (Å²) < 4.78 is 13.8. The second kappa shape index (κ2) is 12.0. The van der Waals surface area contributed by atoms with Gasteiger partial charge in [0, 0.05) is 8.59 Å². The number of imide groups is 1. The van der Waals surface area contributed by atoms with Gasteiger partial charge in [-0.3, -0.25) is 14.5 Å². The highest BCUT2D eigenvalue weighted by Gasteiger charge is 2.35. The maximum absolute atomic E-state index is 13.0. The highest BCUT2D eigenvalue weighted by molar-refractivity contribution is 14.1. The van der Waals surface area contributed by atoms with Crippen molar-refractivity contribution >= 4 is 85.8 Å². The summed E-state index contributed by atoms with van der Waals surface area (Å²) in [7, 11) is 0. The zero-order valence-electron chi connectivity index (χ0n) is 18.6. The van der Waals surface area contributed by atoms with Gasteiger partial charge in [-0.25, -0.2) is 0 Å². The molecule has 3 aromatic carbocycles. The normalized spacial score (nSPS) is 14.6. The smallest absolute Gasteiger partial charge is 0.293 e. The molecule has 1 saturated heterocycles. The summed E-state index contributed by atoms with van der Waals surface area (Å²) in [6, 6.07) is 19.0. The lowest BCUT2D eigenvalue weighted by atomic mass is 10.1. The van der Waals surface area contributed by atoms with E-state index in [1.807, 2.05) is 67.6 Å². The lowest BCUT2D eigenvalue weighted by Crippen LogP contribution is -2.27. The van der Waals surface area contributed by atoms with E-state index in [0.29, 0.717) is 34.6 Å². The maximum Gasteiger partial charge on any atom is 0.293 e. The van der Waals surface area contributed by atoms with Crippen LogP contribution in [0.15, 0.2) is 65.6 Å². The molecule has 0 aromatic heterocycles.